The molecule has 1 N–H and O–H groups in total. The maximum absolute atomic E-state index is 13.9. The monoisotopic (exact) mass is 394 g/mol. The Bertz CT molecular complexity index is 646. The molecule has 3 rings (SSSR count). The molecule has 1 aromatic carbocycles. The standard InChI is InChI=1S/C13H13BrF2N4O.ClH/c1-20-3-2-17-6-10(20)12-18-13(21-19-12)11-8(15)4-7(14)5-9(11)16;/h4-5,10,17H,2-3,6H2,1H3;1H. The van der Waals surface area contributed by atoms with Crippen LogP contribution in [0.25, 0.3) is 11.5 Å². The molecule has 9 heteroatoms. The number of hydrogen-bond donors (Lipinski definition) is 1. The third-order valence-corrected chi connectivity index (χ3v) is 3.93. The van der Waals surface area contributed by atoms with Crippen LogP contribution in [-0.2, 0) is 0 Å². The molecule has 1 saturated heterocycles. The topological polar surface area (TPSA) is 54.2 Å². The molecule has 2 aromatic rings. The van der Waals surface area contributed by atoms with Gasteiger partial charge in [-0.2, -0.15) is 4.98 Å². The average Bonchev–Trinajstić information content (AvgIpc) is 2.87. The molecule has 120 valence electrons. The van der Waals surface area contributed by atoms with E-state index in [0.29, 0.717) is 16.8 Å². The number of rotatable bonds is 2. The Labute approximate surface area is 140 Å². The molecule has 1 aliphatic rings. The molecule has 0 bridgehead atoms. The van der Waals surface area contributed by atoms with Crippen molar-refractivity contribution in [1.29, 1.82) is 0 Å². The zero-order valence-electron chi connectivity index (χ0n) is 11.6. The van der Waals surface area contributed by atoms with Gasteiger partial charge in [0.1, 0.15) is 17.2 Å². The van der Waals surface area contributed by atoms with Crippen molar-refractivity contribution < 1.29 is 13.3 Å². The molecule has 1 aromatic heterocycles. The van der Waals surface area contributed by atoms with Crippen molar-refractivity contribution in [3.63, 3.8) is 0 Å². The van der Waals surface area contributed by atoms with Gasteiger partial charge in [0.05, 0.1) is 6.04 Å². The van der Waals surface area contributed by atoms with Crippen molar-refractivity contribution in [3.8, 4) is 11.5 Å². The third kappa shape index (κ3) is 3.29. The van der Waals surface area contributed by atoms with E-state index in [9.17, 15) is 8.78 Å². The van der Waals surface area contributed by atoms with E-state index in [1.165, 1.54) is 0 Å². The van der Waals surface area contributed by atoms with Crippen LogP contribution in [0.15, 0.2) is 21.1 Å². The van der Waals surface area contributed by atoms with Crippen LogP contribution < -0.4 is 5.32 Å². The Hall–Kier alpha value is -1.09. The van der Waals surface area contributed by atoms with Crippen molar-refractivity contribution in [2.75, 3.05) is 26.7 Å². The van der Waals surface area contributed by atoms with E-state index < -0.39 is 11.6 Å². The molecule has 1 unspecified atom stereocenters. The minimum atomic E-state index is -0.743. The predicted molar refractivity (Wildman–Crippen MR) is 82.8 cm³/mol. The van der Waals surface area contributed by atoms with E-state index in [4.69, 9.17) is 4.52 Å². The van der Waals surface area contributed by atoms with E-state index >= 15 is 0 Å². The number of aromatic nitrogens is 2. The molecule has 5 nitrogen and oxygen atoms in total. The third-order valence-electron chi connectivity index (χ3n) is 3.47. The minimum Gasteiger partial charge on any atom is -0.334 e. The maximum atomic E-state index is 13.9. The largest absolute Gasteiger partial charge is 0.334 e. The van der Waals surface area contributed by atoms with Crippen LogP contribution in [0.2, 0.25) is 0 Å². The summed E-state index contributed by atoms with van der Waals surface area (Å²) < 4.78 is 33.2. The first-order valence-corrected chi connectivity index (χ1v) is 7.25. The van der Waals surface area contributed by atoms with Gasteiger partial charge in [-0.25, -0.2) is 8.78 Å². The average molecular weight is 396 g/mol. The lowest BCUT2D eigenvalue weighted by Gasteiger charge is -2.30. The summed E-state index contributed by atoms with van der Waals surface area (Å²) in [5, 5.41) is 7.08. The Morgan fingerprint density at radius 1 is 1.36 bits per heavy atom. The number of piperazine rings is 1. The highest BCUT2D eigenvalue weighted by Gasteiger charge is 2.27. The Balaban J connectivity index is 0.00000176. The van der Waals surface area contributed by atoms with Gasteiger partial charge < -0.3 is 9.84 Å². The van der Waals surface area contributed by atoms with Gasteiger partial charge in [0.2, 0.25) is 0 Å². The van der Waals surface area contributed by atoms with Gasteiger partial charge in [-0.1, -0.05) is 21.1 Å². The predicted octanol–water partition coefficient (Wildman–Crippen LogP) is 2.78. The number of likely N-dealkylation sites (N-methyl/N-ethyl adjacent to an activating group) is 1. The van der Waals surface area contributed by atoms with Gasteiger partial charge in [0.15, 0.2) is 5.82 Å². The molecule has 0 saturated carbocycles. The summed E-state index contributed by atoms with van der Waals surface area (Å²) in [5.41, 5.74) is -0.302. The second-order valence-corrected chi connectivity index (χ2v) is 5.82. The molecule has 2 heterocycles. The quantitative estimate of drug-likeness (QED) is 0.847. The first kappa shape index (κ1) is 17.3. The zero-order valence-corrected chi connectivity index (χ0v) is 14.0. The molecule has 0 amide bonds. The molecule has 1 fully saturated rings. The lowest BCUT2D eigenvalue weighted by Crippen LogP contribution is -2.44. The van der Waals surface area contributed by atoms with Crippen molar-refractivity contribution in [3.05, 3.63) is 34.1 Å². The van der Waals surface area contributed by atoms with Crippen molar-refractivity contribution in [2.45, 2.75) is 6.04 Å². The van der Waals surface area contributed by atoms with Crippen molar-refractivity contribution in [1.82, 2.24) is 20.4 Å². The number of halogens is 4. The fourth-order valence-electron chi connectivity index (χ4n) is 2.31. The summed E-state index contributed by atoms with van der Waals surface area (Å²) in [6, 6.07) is 2.26. The lowest BCUT2D eigenvalue weighted by atomic mass is 10.2. The molecular formula is C13H14BrClF2N4O. The molecule has 0 aliphatic carbocycles. The number of benzene rings is 1. The highest BCUT2D eigenvalue weighted by Crippen LogP contribution is 2.29. The molecule has 1 atom stereocenters. The van der Waals surface area contributed by atoms with Gasteiger partial charge >= 0.3 is 0 Å². The SMILES string of the molecule is CN1CCNCC1c1noc(-c2c(F)cc(Br)cc2F)n1.Cl. The first-order valence-electron chi connectivity index (χ1n) is 6.45. The van der Waals surface area contributed by atoms with Crippen molar-refractivity contribution >= 4 is 28.3 Å². The van der Waals surface area contributed by atoms with Gasteiger partial charge in [0.25, 0.3) is 5.89 Å². The van der Waals surface area contributed by atoms with Gasteiger partial charge in [0, 0.05) is 24.1 Å². The first-order chi connectivity index (χ1) is 10.1. The van der Waals surface area contributed by atoms with Gasteiger partial charge in [-0.05, 0) is 19.2 Å². The van der Waals surface area contributed by atoms with E-state index in [-0.39, 0.29) is 29.9 Å². The van der Waals surface area contributed by atoms with Gasteiger partial charge in [-0.3, -0.25) is 4.90 Å². The molecular weight excluding hydrogens is 382 g/mol. The van der Waals surface area contributed by atoms with E-state index in [2.05, 4.69) is 36.3 Å². The molecule has 1 aliphatic heterocycles. The Morgan fingerprint density at radius 2 is 2.05 bits per heavy atom. The number of nitrogens with zero attached hydrogens (tertiary/aromatic N) is 3. The van der Waals surface area contributed by atoms with Crippen LogP contribution in [0.4, 0.5) is 8.78 Å². The second kappa shape index (κ2) is 6.99. The summed E-state index contributed by atoms with van der Waals surface area (Å²) in [7, 11) is 1.95. The summed E-state index contributed by atoms with van der Waals surface area (Å²) in [4.78, 5) is 6.22. The smallest absolute Gasteiger partial charge is 0.263 e. The van der Waals surface area contributed by atoms with Crippen LogP contribution in [0, 0.1) is 11.6 Å². The van der Waals surface area contributed by atoms with E-state index in [1.807, 2.05) is 7.05 Å². The van der Waals surface area contributed by atoms with Gasteiger partial charge in [-0.15, -0.1) is 12.4 Å². The highest BCUT2D eigenvalue weighted by molar-refractivity contribution is 9.10. The fourth-order valence-corrected chi connectivity index (χ4v) is 2.71. The summed E-state index contributed by atoms with van der Waals surface area (Å²) >= 11 is 3.03. The fraction of sp³-hybridized carbons (Fsp3) is 0.385. The minimum absolute atomic E-state index is 0. The van der Waals surface area contributed by atoms with Crippen LogP contribution in [0.3, 0.4) is 0 Å². The summed E-state index contributed by atoms with van der Waals surface area (Å²) in [6.45, 7) is 2.39. The Kier molecular flexibility index (Phi) is 5.49. The van der Waals surface area contributed by atoms with Crippen LogP contribution >= 0.6 is 28.3 Å². The van der Waals surface area contributed by atoms with Crippen LogP contribution in [0.1, 0.15) is 11.9 Å². The number of nitrogens with one attached hydrogen (secondary N) is 1. The van der Waals surface area contributed by atoms with Crippen molar-refractivity contribution in [2.24, 2.45) is 0 Å². The molecule has 22 heavy (non-hydrogen) atoms. The van der Waals surface area contributed by atoms with Crippen LogP contribution in [0.5, 0.6) is 0 Å². The van der Waals surface area contributed by atoms with E-state index in [0.717, 1.165) is 25.2 Å². The summed E-state index contributed by atoms with van der Waals surface area (Å²) in [6.07, 6.45) is 0. The Morgan fingerprint density at radius 3 is 2.68 bits per heavy atom. The maximum Gasteiger partial charge on any atom is 0.263 e. The summed E-state index contributed by atoms with van der Waals surface area (Å²) in [5.74, 6) is -1.22. The lowest BCUT2D eigenvalue weighted by molar-refractivity contribution is 0.190. The highest BCUT2D eigenvalue weighted by atomic mass is 79.9. The second-order valence-electron chi connectivity index (χ2n) is 4.90. The molecule has 0 spiro atoms. The van der Waals surface area contributed by atoms with Crippen LogP contribution in [-0.4, -0.2) is 41.7 Å². The zero-order chi connectivity index (χ0) is 15.0. The normalized spacial score (nSPS) is 19.0. The molecule has 0 radical (unpaired) electrons. The number of hydrogen-bond acceptors (Lipinski definition) is 5. The van der Waals surface area contributed by atoms with E-state index in [1.54, 1.807) is 0 Å².